The lowest BCUT2D eigenvalue weighted by Crippen LogP contribution is -2.38. The molecule has 0 spiro atoms. The van der Waals surface area contributed by atoms with Gasteiger partial charge in [0.05, 0.1) is 0 Å². The fraction of sp³-hybridized carbons (Fsp3) is 0.357. The minimum atomic E-state index is -0.109. The summed E-state index contributed by atoms with van der Waals surface area (Å²) in [6.45, 7) is 1.78. The molecule has 0 radical (unpaired) electrons. The average Bonchev–Trinajstić information content (AvgIpc) is 3.18. The number of halogens is 2. The highest BCUT2D eigenvalue weighted by Gasteiger charge is 2.26. The molecule has 3 rings (SSSR count). The fourth-order valence-electron chi connectivity index (χ4n) is 2.34. The number of carbonyl (C=O) groups is 1. The molecular weight excluding hydrogens is 327 g/mol. The molecule has 1 aliphatic heterocycles. The Hall–Kier alpha value is -1.63. The van der Waals surface area contributed by atoms with E-state index in [0.717, 1.165) is 25.1 Å². The van der Waals surface area contributed by atoms with E-state index in [4.69, 9.17) is 4.52 Å². The van der Waals surface area contributed by atoms with Crippen LogP contribution in [-0.2, 0) is 0 Å². The van der Waals surface area contributed by atoms with Crippen molar-refractivity contribution in [1.29, 1.82) is 0 Å². The van der Waals surface area contributed by atoms with Crippen LogP contribution < -0.4 is 5.32 Å². The molecule has 1 atom stereocenters. The smallest absolute Gasteiger partial charge is 0.276 e. The third kappa shape index (κ3) is 3.76. The minimum Gasteiger partial charge on any atom is -0.355 e. The summed E-state index contributed by atoms with van der Waals surface area (Å²) in [5.74, 6) is 0.469. The lowest BCUT2D eigenvalue weighted by Gasteiger charge is -2.22. The number of likely N-dealkylation sites (N-methyl/N-ethyl adjacent to an activating group) is 1. The molecule has 1 saturated heterocycles. The zero-order valence-corrected chi connectivity index (χ0v) is 13.7. The van der Waals surface area contributed by atoms with Gasteiger partial charge in [-0.3, -0.25) is 9.78 Å². The summed E-state index contributed by atoms with van der Waals surface area (Å²) >= 11 is 0. The molecule has 1 N–H and O–H groups in total. The van der Waals surface area contributed by atoms with Crippen LogP contribution in [0.25, 0.3) is 11.3 Å². The van der Waals surface area contributed by atoms with Crippen molar-refractivity contribution in [3.05, 3.63) is 36.3 Å². The Balaban J connectivity index is 0.00000121. The zero-order valence-electron chi connectivity index (χ0n) is 12.1. The maximum Gasteiger partial charge on any atom is 0.276 e. The number of carbonyl (C=O) groups excluding carboxylic acids is 1. The van der Waals surface area contributed by atoms with Gasteiger partial charge >= 0.3 is 0 Å². The summed E-state index contributed by atoms with van der Waals surface area (Å²) in [6.07, 6.45) is 4.32. The monoisotopic (exact) mass is 344 g/mol. The van der Waals surface area contributed by atoms with E-state index in [2.05, 4.69) is 15.5 Å². The molecule has 1 unspecified atom stereocenters. The van der Waals surface area contributed by atoms with Crippen molar-refractivity contribution in [2.24, 2.45) is 0 Å². The first-order valence-corrected chi connectivity index (χ1v) is 6.60. The second-order valence-corrected chi connectivity index (χ2v) is 4.87. The largest absolute Gasteiger partial charge is 0.355 e. The number of aromatic nitrogens is 2. The molecule has 0 aliphatic carbocycles. The van der Waals surface area contributed by atoms with Gasteiger partial charge in [-0.05, 0) is 25.1 Å². The van der Waals surface area contributed by atoms with E-state index in [-0.39, 0.29) is 36.8 Å². The van der Waals surface area contributed by atoms with Crippen molar-refractivity contribution in [3.8, 4) is 11.3 Å². The van der Waals surface area contributed by atoms with Gasteiger partial charge in [-0.2, -0.15) is 0 Å². The van der Waals surface area contributed by atoms with Crippen LogP contribution >= 0.6 is 24.8 Å². The summed E-state index contributed by atoms with van der Waals surface area (Å²) in [7, 11) is 1.81. The summed E-state index contributed by atoms with van der Waals surface area (Å²) in [6, 6.07) is 5.54. The normalized spacial score (nSPS) is 16.5. The van der Waals surface area contributed by atoms with Crippen LogP contribution in [0.4, 0.5) is 0 Å². The van der Waals surface area contributed by atoms with Crippen LogP contribution in [-0.4, -0.2) is 47.1 Å². The van der Waals surface area contributed by atoms with Gasteiger partial charge in [-0.1, -0.05) is 5.16 Å². The van der Waals surface area contributed by atoms with Crippen molar-refractivity contribution in [2.45, 2.75) is 12.5 Å². The van der Waals surface area contributed by atoms with Gasteiger partial charge in [0.15, 0.2) is 11.5 Å². The molecule has 1 aliphatic rings. The zero-order chi connectivity index (χ0) is 13.9. The summed E-state index contributed by atoms with van der Waals surface area (Å²) in [4.78, 5) is 18.0. The van der Waals surface area contributed by atoms with Crippen molar-refractivity contribution in [3.63, 3.8) is 0 Å². The average molecular weight is 345 g/mol. The van der Waals surface area contributed by atoms with Crippen LogP contribution in [0.5, 0.6) is 0 Å². The number of nitrogens with one attached hydrogen (secondary N) is 1. The van der Waals surface area contributed by atoms with E-state index in [0.29, 0.717) is 11.5 Å². The molecule has 1 fully saturated rings. The van der Waals surface area contributed by atoms with Crippen molar-refractivity contribution < 1.29 is 9.32 Å². The molecule has 1 amide bonds. The van der Waals surface area contributed by atoms with Crippen molar-refractivity contribution >= 4 is 30.7 Å². The highest BCUT2D eigenvalue weighted by molar-refractivity contribution is 5.93. The van der Waals surface area contributed by atoms with Gasteiger partial charge in [0, 0.05) is 43.7 Å². The van der Waals surface area contributed by atoms with Gasteiger partial charge in [0.25, 0.3) is 5.91 Å². The number of pyridine rings is 1. The second kappa shape index (κ2) is 8.12. The fourth-order valence-corrected chi connectivity index (χ4v) is 2.34. The second-order valence-electron chi connectivity index (χ2n) is 4.87. The Morgan fingerprint density at radius 2 is 2.09 bits per heavy atom. The first kappa shape index (κ1) is 18.4. The Morgan fingerprint density at radius 3 is 2.73 bits per heavy atom. The molecule has 6 nitrogen and oxygen atoms in total. The van der Waals surface area contributed by atoms with E-state index >= 15 is 0 Å². The Morgan fingerprint density at radius 1 is 1.36 bits per heavy atom. The SMILES string of the molecule is CN(C(=O)c1cc(-c2ccncc2)on1)C1CCNC1.Cl.Cl. The quantitative estimate of drug-likeness (QED) is 0.922. The lowest BCUT2D eigenvalue weighted by atomic mass is 10.2. The van der Waals surface area contributed by atoms with Gasteiger partial charge in [-0.25, -0.2) is 0 Å². The number of amides is 1. The third-order valence-corrected chi connectivity index (χ3v) is 3.60. The number of hydrogen-bond donors (Lipinski definition) is 1. The Bertz CT molecular complexity index is 600. The van der Waals surface area contributed by atoms with Gasteiger partial charge in [0.1, 0.15) is 0 Å². The molecule has 2 aromatic rings. The number of nitrogens with zero attached hydrogens (tertiary/aromatic N) is 3. The lowest BCUT2D eigenvalue weighted by molar-refractivity contribution is 0.0733. The van der Waals surface area contributed by atoms with E-state index in [1.807, 2.05) is 12.1 Å². The van der Waals surface area contributed by atoms with Crippen LogP contribution in [0.2, 0.25) is 0 Å². The maximum absolute atomic E-state index is 12.3. The molecule has 22 heavy (non-hydrogen) atoms. The first-order valence-electron chi connectivity index (χ1n) is 6.60. The predicted octanol–water partition coefficient (Wildman–Crippen LogP) is 2.01. The maximum atomic E-state index is 12.3. The van der Waals surface area contributed by atoms with Crippen LogP contribution in [0.1, 0.15) is 16.9 Å². The van der Waals surface area contributed by atoms with Crippen LogP contribution in [0.3, 0.4) is 0 Å². The highest BCUT2D eigenvalue weighted by Crippen LogP contribution is 2.20. The standard InChI is InChI=1S/C14H16N4O2.2ClH/c1-18(11-4-7-16-9-11)14(19)12-8-13(20-17-12)10-2-5-15-6-3-10;;/h2-3,5-6,8,11,16H,4,7,9H2,1H3;2*1H. The summed E-state index contributed by atoms with van der Waals surface area (Å²) in [5, 5.41) is 7.12. The van der Waals surface area contributed by atoms with E-state index in [9.17, 15) is 4.79 Å². The van der Waals surface area contributed by atoms with Gasteiger partial charge in [0.2, 0.25) is 0 Å². The molecular formula is C14H18Cl2N4O2. The molecule has 120 valence electrons. The summed E-state index contributed by atoms with van der Waals surface area (Å²) < 4.78 is 5.24. The Kier molecular flexibility index (Phi) is 6.80. The van der Waals surface area contributed by atoms with E-state index in [1.165, 1.54) is 0 Å². The number of rotatable bonds is 3. The Labute approximate surface area is 141 Å². The van der Waals surface area contributed by atoms with E-state index in [1.54, 1.807) is 30.4 Å². The first-order chi connectivity index (χ1) is 9.75. The van der Waals surface area contributed by atoms with Crippen molar-refractivity contribution in [1.82, 2.24) is 20.4 Å². The summed E-state index contributed by atoms with van der Waals surface area (Å²) in [5.41, 5.74) is 1.20. The van der Waals surface area contributed by atoms with Crippen molar-refractivity contribution in [2.75, 3.05) is 20.1 Å². The highest BCUT2D eigenvalue weighted by atomic mass is 35.5. The topological polar surface area (TPSA) is 71.3 Å². The molecule has 3 heterocycles. The van der Waals surface area contributed by atoms with E-state index < -0.39 is 0 Å². The predicted molar refractivity (Wildman–Crippen MR) is 87.6 cm³/mol. The number of hydrogen-bond acceptors (Lipinski definition) is 5. The minimum absolute atomic E-state index is 0. The van der Waals surface area contributed by atoms with Gasteiger partial charge < -0.3 is 14.7 Å². The molecule has 0 bridgehead atoms. The van der Waals surface area contributed by atoms with Crippen LogP contribution in [0, 0.1) is 0 Å². The molecule has 0 aromatic carbocycles. The third-order valence-electron chi connectivity index (χ3n) is 3.60. The van der Waals surface area contributed by atoms with Gasteiger partial charge in [-0.15, -0.1) is 24.8 Å². The molecule has 8 heteroatoms. The van der Waals surface area contributed by atoms with Crippen LogP contribution in [0.15, 0.2) is 35.1 Å². The molecule has 0 saturated carbocycles. The molecule has 2 aromatic heterocycles.